The topological polar surface area (TPSA) is 63.6 Å². The van der Waals surface area contributed by atoms with Crippen molar-refractivity contribution in [3.8, 4) is 5.75 Å². The number of hydrogen-bond donors (Lipinski definition) is 1. The van der Waals surface area contributed by atoms with Gasteiger partial charge >= 0.3 is 226 Å². The van der Waals surface area contributed by atoms with Gasteiger partial charge in [0, 0.05) is 0 Å². The Morgan fingerprint density at radius 1 is 1.22 bits per heavy atom. The van der Waals surface area contributed by atoms with Crippen LogP contribution in [-0.2, 0) is 19.2 Å². The van der Waals surface area contributed by atoms with E-state index < -0.39 is 52.7 Å². The van der Waals surface area contributed by atoms with Crippen LogP contribution >= 0.6 is 0 Å². The number of fused-ring (bicyclic) bond motifs is 5. The number of aliphatic hydroxyl groups is 1. The number of alkyl halides is 6. The average molecular weight is 664 g/mol. The van der Waals surface area contributed by atoms with Gasteiger partial charge in [-0.3, -0.25) is 0 Å². The predicted molar refractivity (Wildman–Crippen MR) is 125 cm³/mol. The summed E-state index contributed by atoms with van der Waals surface area (Å²) in [5.74, 6) is -3.03. The summed E-state index contributed by atoms with van der Waals surface area (Å²) >= 11 is -0.860. The van der Waals surface area contributed by atoms with Gasteiger partial charge < -0.3 is 0 Å². The minimum absolute atomic E-state index is 0.126. The third kappa shape index (κ3) is 6.02. The van der Waals surface area contributed by atoms with Crippen molar-refractivity contribution < 1.29 is 60.6 Å². The van der Waals surface area contributed by atoms with Crippen molar-refractivity contribution in [3.63, 3.8) is 0 Å². The Hall–Kier alpha value is -0.820. The van der Waals surface area contributed by atoms with E-state index in [1.165, 1.54) is 5.56 Å². The van der Waals surface area contributed by atoms with Crippen LogP contribution in [0.4, 0.5) is 22.0 Å². The molecule has 0 saturated heterocycles. The summed E-state index contributed by atoms with van der Waals surface area (Å²) in [6.07, 6.45) is -2.40. The Morgan fingerprint density at radius 3 is 2.68 bits per heavy atom. The van der Waals surface area contributed by atoms with Crippen LogP contribution in [0.3, 0.4) is 0 Å². The molecule has 7 atom stereocenters. The molecule has 1 aromatic carbocycles. The van der Waals surface area contributed by atoms with Crippen LogP contribution in [-0.4, -0.2) is 44.2 Å². The molecule has 11 heteroatoms. The van der Waals surface area contributed by atoms with Crippen LogP contribution in [0, 0.1) is 23.2 Å². The fraction of sp³-hybridized carbons (Fsp3) is 0.731. The van der Waals surface area contributed by atoms with Gasteiger partial charge in [0.25, 0.3) is 0 Å². The molecule has 7 unspecified atom stereocenters. The first-order valence-electron chi connectivity index (χ1n) is 12.7. The molecule has 0 radical (unpaired) electrons. The number of aliphatic hydroxyl groups excluding tert-OH is 1. The fourth-order valence-corrected chi connectivity index (χ4v) is 12.7. The van der Waals surface area contributed by atoms with Crippen molar-refractivity contribution in [3.05, 3.63) is 29.3 Å². The third-order valence-corrected chi connectivity index (χ3v) is 15.3. The van der Waals surface area contributed by atoms with Crippen LogP contribution in [0.15, 0.2) is 18.2 Å². The molecule has 0 amide bonds. The van der Waals surface area contributed by atoms with Crippen molar-refractivity contribution in [2.45, 2.75) is 82.4 Å². The number of carbonyl (C=O) groups is 1. The molecule has 0 bridgehead atoms. The van der Waals surface area contributed by atoms with E-state index in [1.807, 2.05) is 12.1 Å². The summed E-state index contributed by atoms with van der Waals surface area (Å²) in [5.41, 5.74) is 2.28. The van der Waals surface area contributed by atoms with Gasteiger partial charge in [-0.05, 0) is 0 Å². The van der Waals surface area contributed by atoms with Gasteiger partial charge in [-0.1, -0.05) is 0 Å². The second kappa shape index (κ2) is 11.3. The van der Waals surface area contributed by atoms with Crippen molar-refractivity contribution in [2.24, 2.45) is 23.2 Å². The molecule has 0 aliphatic heterocycles. The molecular weight excluding hydrogens is 630 g/mol. The van der Waals surface area contributed by atoms with E-state index in [4.69, 9.17) is 4.74 Å². The van der Waals surface area contributed by atoms with Gasteiger partial charge in [-0.25, -0.2) is 0 Å². The van der Waals surface area contributed by atoms with Gasteiger partial charge in [0.2, 0.25) is 0 Å². The normalized spacial score (nSPS) is 32.4. The summed E-state index contributed by atoms with van der Waals surface area (Å²) in [6.45, 7) is 2.60. The Kier molecular flexibility index (Phi) is 8.95. The van der Waals surface area contributed by atoms with E-state index in [-0.39, 0.29) is 23.2 Å². The van der Waals surface area contributed by atoms with Gasteiger partial charge in [-0.15, -0.1) is 0 Å². The molecule has 37 heavy (non-hydrogen) atoms. The zero-order valence-corrected chi connectivity index (χ0v) is 23.6. The third-order valence-electron chi connectivity index (χ3n) is 8.90. The maximum absolute atomic E-state index is 13.1. The molecule has 0 heterocycles. The number of rotatable bonds is 10. The summed E-state index contributed by atoms with van der Waals surface area (Å²) in [6, 6.07) is 5.78. The Labute approximate surface area is 225 Å². The molecule has 210 valence electrons. The van der Waals surface area contributed by atoms with Gasteiger partial charge in [0.1, 0.15) is 0 Å². The number of ether oxygens (including phenoxy) is 1. The molecule has 3 aliphatic carbocycles. The molecule has 2 saturated carbocycles. The molecule has 1 aromatic rings. The zero-order chi connectivity index (χ0) is 27.0. The number of halogens is 6. The molecule has 1 N–H and O–H groups in total. The molecule has 2 fully saturated rings. The van der Waals surface area contributed by atoms with E-state index in [1.54, 1.807) is 0 Å². The minimum atomic E-state index is -5.57. The SMILES string of the molecule is CC12CCC3c4ccc(OC=O)cc4CC(CC[I-]S(=O)CCCC(F)(F)C(F)(F)F)C3C1CCC2O. The van der Waals surface area contributed by atoms with E-state index in [2.05, 4.69) is 13.0 Å². The van der Waals surface area contributed by atoms with Gasteiger partial charge in [0.15, 0.2) is 0 Å². The Balaban J connectivity index is 1.42. The summed E-state index contributed by atoms with van der Waals surface area (Å²) in [5, 5.41) is 10.8. The number of benzene rings is 1. The predicted octanol–water partition coefficient (Wildman–Crippen LogP) is 2.79. The quantitative estimate of drug-likeness (QED) is 0.138. The summed E-state index contributed by atoms with van der Waals surface area (Å²) in [7, 11) is -1.36. The van der Waals surface area contributed by atoms with Crippen LogP contribution in [0.25, 0.3) is 0 Å². The van der Waals surface area contributed by atoms with Crippen LogP contribution in [0.5, 0.6) is 5.75 Å². The van der Waals surface area contributed by atoms with E-state index in [0.717, 1.165) is 44.1 Å². The van der Waals surface area contributed by atoms with E-state index in [0.29, 0.717) is 34.4 Å². The van der Waals surface area contributed by atoms with E-state index >= 15 is 0 Å². The summed E-state index contributed by atoms with van der Waals surface area (Å²) in [4.78, 5) is 10.8. The first-order valence-corrected chi connectivity index (χ1v) is 18.1. The van der Waals surface area contributed by atoms with Crippen molar-refractivity contribution in [1.82, 2.24) is 0 Å². The van der Waals surface area contributed by atoms with E-state index in [9.17, 15) is 36.1 Å². The van der Waals surface area contributed by atoms with Crippen molar-refractivity contribution >= 4 is 14.4 Å². The first kappa shape index (κ1) is 29.2. The Bertz CT molecular complexity index is 1010. The maximum atomic E-state index is 13.1. The standard InChI is InChI=1S/C26H33F5IO4S/c1-24-10-7-20-19-4-3-18(36-15-33)14-17(19)13-16(23(20)21(24)5-6-22(24)34)8-11-32-37(35)12-2-9-25(27,28)26(29,30)31/h3-4,14-16,20-23,34H,2,5-13H2,1H3/q-1. The molecule has 0 aromatic heterocycles. The molecule has 3 aliphatic rings. The molecular formula is C26H33F5IO4S-. The molecule has 0 spiro atoms. The van der Waals surface area contributed by atoms with Crippen LogP contribution in [0.1, 0.15) is 68.9 Å². The first-order chi connectivity index (χ1) is 17.4. The van der Waals surface area contributed by atoms with Gasteiger partial charge in [0.05, 0.1) is 0 Å². The van der Waals surface area contributed by atoms with Gasteiger partial charge in [-0.2, -0.15) is 0 Å². The molecule has 4 nitrogen and oxygen atoms in total. The zero-order valence-electron chi connectivity index (χ0n) is 20.6. The monoisotopic (exact) mass is 663 g/mol. The number of carbonyl (C=O) groups excluding carboxylic acids is 1. The van der Waals surface area contributed by atoms with Crippen LogP contribution < -0.4 is 24.6 Å². The second-order valence-corrected chi connectivity index (χ2v) is 18.0. The summed E-state index contributed by atoms with van der Waals surface area (Å²) < 4.78 is 81.6. The Morgan fingerprint density at radius 2 is 1.97 bits per heavy atom. The van der Waals surface area contributed by atoms with Crippen molar-refractivity contribution in [1.29, 1.82) is 0 Å². The number of hydrogen-bond acceptors (Lipinski definition) is 4. The fourth-order valence-electron chi connectivity index (χ4n) is 7.02. The second-order valence-electron chi connectivity index (χ2n) is 10.9. The average Bonchev–Trinajstić information content (AvgIpc) is 3.12. The van der Waals surface area contributed by atoms with Crippen molar-refractivity contribution in [2.75, 3.05) is 10.2 Å². The molecule has 4 rings (SSSR count). The van der Waals surface area contributed by atoms with Crippen LogP contribution in [0.2, 0.25) is 0 Å².